The predicted octanol–water partition coefficient (Wildman–Crippen LogP) is 2.01. The normalized spacial score (nSPS) is 28.9. The standard InChI is InChI=1S/C13H22ClNO2/c1-2-11(14)12(17)15-7-10(8-16)13(9-15)5-3-4-6-13/h10-11,16H,2-9H2,1H3/t10-,11-/m0/s1. The quantitative estimate of drug-likeness (QED) is 0.788. The van der Waals surface area contributed by atoms with Gasteiger partial charge in [0.05, 0.1) is 0 Å². The van der Waals surface area contributed by atoms with E-state index < -0.39 is 5.38 Å². The third-order valence-electron chi connectivity index (χ3n) is 4.57. The van der Waals surface area contributed by atoms with Gasteiger partial charge in [0.2, 0.25) is 5.91 Å². The predicted molar refractivity (Wildman–Crippen MR) is 68.0 cm³/mol. The molecule has 1 aliphatic carbocycles. The number of likely N-dealkylation sites (tertiary alicyclic amines) is 1. The summed E-state index contributed by atoms with van der Waals surface area (Å²) in [4.78, 5) is 14.0. The molecule has 4 heteroatoms. The lowest BCUT2D eigenvalue weighted by molar-refractivity contribution is -0.130. The molecule has 3 nitrogen and oxygen atoms in total. The molecule has 1 amide bonds. The van der Waals surface area contributed by atoms with E-state index in [2.05, 4.69) is 0 Å². The minimum absolute atomic E-state index is 0.0522. The largest absolute Gasteiger partial charge is 0.396 e. The molecule has 1 saturated carbocycles. The van der Waals surface area contributed by atoms with Crippen molar-refractivity contribution >= 4 is 17.5 Å². The van der Waals surface area contributed by atoms with E-state index in [1.165, 1.54) is 12.8 Å². The van der Waals surface area contributed by atoms with E-state index in [1.807, 2.05) is 11.8 Å². The lowest BCUT2D eigenvalue weighted by Crippen LogP contribution is -2.36. The van der Waals surface area contributed by atoms with Crippen LogP contribution in [0.15, 0.2) is 0 Å². The highest BCUT2D eigenvalue weighted by molar-refractivity contribution is 6.30. The van der Waals surface area contributed by atoms with Gasteiger partial charge in [-0.05, 0) is 24.7 Å². The van der Waals surface area contributed by atoms with Gasteiger partial charge in [-0.15, -0.1) is 11.6 Å². The number of aliphatic hydroxyl groups is 1. The highest BCUT2D eigenvalue weighted by atomic mass is 35.5. The number of rotatable bonds is 3. The lowest BCUT2D eigenvalue weighted by Gasteiger charge is -2.28. The van der Waals surface area contributed by atoms with Crippen molar-refractivity contribution in [2.75, 3.05) is 19.7 Å². The molecule has 2 rings (SSSR count). The number of amides is 1. The molecule has 1 spiro atoms. The van der Waals surface area contributed by atoms with Crippen molar-refractivity contribution in [3.63, 3.8) is 0 Å². The van der Waals surface area contributed by atoms with E-state index >= 15 is 0 Å². The van der Waals surface area contributed by atoms with Crippen LogP contribution >= 0.6 is 11.6 Å². The van der Waals surface area contributed by atoms with Crippen LogP contribution in [0.5, 0.6) is 0 Å². The zero-order valence-electron chi connectivity index (χ0n) is 10.5. The average molecular weight is 260 g/mol. The fourth-order valence-electron chi connectivity index (χ4n) is 3.47. The first-order valence-corrected chi connectivity index (χ1v) is 7.10. The summed E-state index contributed by atoms with van der Waals surface area (Å²) in [7, 11) is 0. The highest BCUT2D eigenvalue weighted by Gasteiger charge is 2.49. The Hall–Kier alpha value is -0.280. The van der Waals surface area contributed by atoms with Gasteiger partial charge in [0.15, 0.2) is 0 Å². The summed E-state index contributed by atoms with van der Waals surface area (Å²) in [5.41, 5.74) is 0.189. The molecular weight excluding hydrogens is 238 g/mol. The van der Waals surface area contributed by atoms with Gasteiger partial charge in [-0.3, -0.25) is 4.79 Å². The number of halogens is 1. The first kappa shape index (κ1) is 13.2. The van der Waals surface area contributed by atoms with Crippen molar-refractivity contribution < 1.29 is 9.90 Å². The first-order valence-electron chi connectivity index (χ1n) is 6.66. The van der Waals surface area contributed by atoms with Gasteiger partial charge < -0.3 is 10.0 Å². The maximum atomic E-state index is 12.1. The molecule has 0 unspecified atom stereocenters. The van der Waals surface area contributed by atoms with Crippen LogP contribution in [-0.2, 0) is 4.79 Å². The number of hydrogen-bond donors (Lipinski definition) is 1. The Bertz CT molecular complexity index is 289. The second kappa shape index (κ2) is 5.15. The van der Waals surface area contributed by atoms with Crippen LogP contribution in [0.25, 0.3) is 0 Å². The first-order chi connectivity index (χ1) is 8.13. The van der Waals surface area contributed by atoms with Crippen LogP contribution in [-0.4, -0.2) is 41.0 Å². The van der Waals surface area contributed by atoms with E-state index in [1.54, 1.807) is 0 Å². The number of carbonyl (C=O) groups excluding carboxylic acids is 1. The van der Waals surface area contributed by atoms with Crippen LogP contribution in [0.3, 0.4) is 0 Å². The van der Waals surface area contributed by atoms with Gasteiger partial charge in [0.25, 0.3) is 0 Å². The van der Waals surface area contributed by atoms with Crippen molar-refractivity contribution in [3.8, 4) is 0 Å². The average Bonchev–Trinajstić information content (AvgIpc) is 2.95. The highest BCUT2D eigenvalue weighted by Crippen LogP contribution is 2.49. The minimum atomic E-state index is -0.397. The van der Waals surface area contributed by atoms with Crippen molar-refractivity contribution in [1.82, 2.24) is 4.90 Å². The molecule has 0 radical (unpaired) electrons. The molecular formula is C13H22ClNO2. The van der Waals surface area contributed by atoms with Gasteiger partial charge in [0, 0.05) is 25.6 Å². The molecule has 0 aromatic rings. The van der Waals surface area contributed by atoms with E-state index in [0.29, 0.717) is 13.0 Å². The zero-order chi connectivity index (χ0) is 12.5. The van der Waals surface area contributed by atoms with Crippen molar-refractivity contribution in [3.05, 3.63) is 0 Å². The van der Waals surface area contributed by atoms with Crippen LogP contribution in [0, 0.1) is 11.3 Å². The number of carbonyl (C=O) groups is 1. The molecule has 1 aliphatic heterocycles. The lowest BCUT2D eigenvalue weighted by atomic mass is 9.77. The second-order valence-corrected chi connectivity index (χ2v) is 6.07. The maximum Gasteiger partial charge on any atom is 0.240 e. The molecule has 1 heterocycles. The summed E-state index contributed by atoms with van der Waals surface area (Å²) in [5.74, 6) is 0.311. The van der Waals surface area contributed by atoms with Crippen LogP contribution in [0.4, 0.5) is 0 Å². The van der Waals surface area contributed by atoms with Gasteiger partial charge in [-0.25, -0.2) is 0 Å². The Kier molecular flexibility index (Phi) is 3.99. The molecule has 17 heavy (non-hydrogen) atoms. The smallest absolute Gasteiger partial charge is 0.240 e. The van der Waals surface area contributed by atoms with E-state index in [-0.39, 0.29) is 23.8 Å². The SMILES string of the molecule is CC[C@H](Cl)C(=O)N1C[C@@H](CO)C2(CCCC2)C1. The van der Waals surface area contributed by atoms with Crippen molar-refractivity contribution in [1.29, 1.82) is 0 Å². The van der Waals surface area contributed by atoms with E-state index in [0.717, 1.165) is 19.4 Å². The summed E-state index contributed by atoms with van der Waals surface area (Å²) >= 11 is 6.03. The molecule has 2 fully saturated rings. The number of hydrogen-bond acceptors (Lipinski definition) is 2. The minimum Gasteiger partial charge on any atom is -0.396 e. The van der Waals surface area contributed by atoms with Crippen LogP contribution in [0.1, 0.15) is 39.0 Å². The maximum absolute atomic E-state index is 12.1. The Morgan fingerprint density at radius 1 is 1.53 bits per heavy atom. The molecule has 0 aromatic heterocycles. The summed E-state index contributed by atoms with van der Waals surface area (Å²) in [6.45, 7) is 3.63. The van der Waals surface area contributed by atoms with Gasteiger partial charge in [0.1, 0.15) is 5.38 Å². The molecule has 98 valence electrons. The third kappa shape index (κ3) is 2.32. The van der Waals surface area contributed by atoms with Gasteiger partial charge >= 0.3 is 0 Å². The Balaban J connectivity index is 2.07. The number of alkyl halides is 1. The number of aliphatic hydroxyl groups excluding tert-OH is 1. The van der Waals surface area contributed by atoms with E-state index in [4.69, 9.17) is 11.6 Å². The van der Waals surface area contributed by atoms with Crippen molar-refractivity contribution in [2.24, 2.45) is 11.3 Å². The second-order valence-electron chi connectivity index (χ2n) is 5.54. The summed E-state index contributed by atoms with van der Waals surface area (Å²) < 4.78 is 0. The van der Waals surface area contributed by atoms with Gasteiger partial charge in [-0.2, -0.15) is 0 Å². The van der Waals surface area contributed by atoms with Crippen LogP contribution < -0.4 is 0 Å². The van der Waals surface area contributed by atoms with Gasteiger partial charge in [-0.1, -0.05) is 19.8 Å². The Morgan fingerprint density at radius 2 is 2.18 bits per heavy atom. The van der Waals surface area contributed by atoms with E-state index in [9.17, 15) is 9.90 Å². The van der Waals surface area contributed by atoms with Crippen LogP contribution in [0.2, 0.25) is 0 Å². The Morgan fingerprint density at radius 3 is 2.71 bits per heavy atom. The summed E-state index contributed by atoms with van der Waals surface area (Å²) in [5, 5.41) is 9.12. The molecule has 2 atom stereocenters. The fourth-order valence-corrected chi connectivity index (χ4v) is 3.61. The third-order valence-corrected chi connectivity index (χ3v) is 5.07. The summed E-state index contributed by atoms with van der Waals surface area (Å²) in [6.07, 6.45) is 5.45. The number of nitrogens with zero attached hydrogens (tertiary/aromatic N) is 1. The molecule has 0 aromatic carbocycles. The Labute approximate surface area is 108 Å². The molecule has 1 N–H and O–H groups in total. The van der Waals surface area contributed by atoms with Crippen molar-refractivity contribution in [2.45, 2.75) is 44.4 Å². The molecule has 0 bridgehead atoms. The topological polar surface area (TPSA) is 40.5 Å². The fraction of sp³-hybridized carbons (Fsp3) is 0.923. The summed E-state index contributed by atoms with van der Waals surface area (Å²) in [6, 6.07) is 0. The molecule has 1 saturated heterocycles. The molecule has 2 aliphatic rings. The monoisotopic (exact) mass is 259 g/mol. The zero-order valence-corrected chi connectivity index (χ0v) is 11.2.